The number of nitrogens with two attached hydrogens (primary N) is 1. The monoisotopic (exact) mass is 349 g/mol. The first kappa shape index (κ1) is 18.1. The summed E-state index contributed by atoms with van der Waals surface area (Å²) in [5.41, 5.74) is 2.71. The van der Waals surface area contributed by atoms with E-state index in [0.717, 1.165) is 6.07 Å². The van der Waals surface area contributed by atoms with E-state index in [0.29, 0.717) is 17.7 Å². The SMILES string of the molecule is CC(N)c1ccc(Nc2ccc(C(F)(F)F)c(C(F)(F)F)c2)nc1. The minimum atomic E-state index is -5.13. The number of rotatable bonds is 3. The number of aromatic nitrogens is 1. The molecule has 2 aromatic rings. The van der Waals surface area contributed by atoms with Crippen LogP contribution in [0.2, 0.25) is 0 Å². The Labute approximate surface area is 133 Å². The van der Waals surface area contributed by atoms with E-state index < -0.39 is 23.5 Å². The molecule has 1 aromatic carbocycles. The maximum absolute atomic E-state index is 12.9. The topological polar surface area (TPSA) is 50.9 Å². The van der Waals surface area contributed by atoms with E-state index >= 15 is 0 Å². The summed E-state index contributed by atoms with van der Waals surface area (Å²) in [6.45, 7) is 1.73. The van der Waals surface area contributed by atoms with E-state index in [1.54, 1.807) is 13.0 Å². The zero-order valence-electron chi connectivity index (χ0n) is 12.3. The molecule has 3 nitrogen and oxygen atoms in total. The van der Waals surface area contributed by atoms with Crippen molar-refractivity contribution in [3.63, 3.8) is 0 Å². The van der Waals surface area contributed by atoms with Crippen LogP contribution in [0.15, 0.2) is 36.5 Å². The molecule has 9 heteroatoms. The first-order chi connectivity index (χ1) is 11.0. The van der Waals surface area contributed by atoms with Crippen LogP contribution >= 0.6 is 0 Å². The minimum Gasteiger partial charge on any atom is -0.340 e. The quantitative estimate of drug-likeness (QED) is 0.777. The molecule has 130 valence electrons. The van der Waals surface area contributed by atoms with Crippen LogP contribution in [0.1, 0.15) is 29.7 Å². The zero-order chi connectivity index (χ0) is 18.1. The molecule has 1 aromatic heterocycles. The third-order valence-corrected chi connectivity index (χ3v) is 3.21. The van der Waals surface area contributed by atoms with Crippen molar-refractivity contribution in [3.8, 4) is 0 Å². The molecule has 0 aliphatic heterocycles. The summed E-state index contributed by atoms with van der Waals surface area (Å²) in [6, 6.07) is 4.54. The summed E-state index contributed by atoms with van der Waals surface area (Å²) in [5, 5.41) is 2.54. The van der Waals surface area contributed by atoms with E-state index in [9.17, 15) is 26.3 Å². The van der Waals surface area contributed by atoms with Gasteiger partial charge in [0, 0.05) is 17.9 Å². The van der Waals surface area contributed by atoms with Crippen molar-refractivity contribution in [3.05, 3.63) is 53.2 Å². The molecule has 0 spiro atoms. The fourth-order valence-electron chi connectivity index (χ4n) is 2.00. The standard InChI is InChI=1S/C15H13F6N3/c1-8(22)9-2-5-13(23-7-9)24-10-3-4-11(14(16,17)18)12(6-10)15(19,20)21/h2-8H,22H2,1H3,(H,23,24). The van der Waals surface area contributed by atoms with Crippen molar-refractivity contribution in [2.75, 3.05) is 5.32 Å². The molecule has 0 saturated heterocycles. The normalized spacial score (nSPS) is 13.7. The Kier molecular flexibility index (Phi) is 4.75. The Morgan fingerprint density at radius 1 is 0.958 bits per heavy atom. The molecule has 1 heterocycles. The Morgan fingerprint density at radius 3 is 2.04 bits per heavy atom. The van der Waals surface area contributed by atoms with Crippen molar-refractivity contribution in [2.24, 2.45) is 5.73 Å². The minimum absolute atomic E-state index is 0.156. The smallest absolute Gasteiger partial charge is 0.340 e. The molecular formula is C15H13F6N3. The lowest BCUT2D eigenvalue weighted by Gasteiger charge is -2.17. The molecular weight excluding hydrogens is 336 g/mol. The number of alkyl halides is 6. The maximum Gasteiger partial charge on any atom is 0.417 e. The van der Waals surface area contributed by atoms with Gasteiger partial charge in [-0.25, -0.2) is 4.98 Å². The van der Waals surface area contributed by atoms with Gasteiger partial charge in [0.15, 0.2) is 0 Å². The Balaban J connectivity index is 2.35. The molecule has 0 fully saturated rings. The largest absolute Gasteiger partial charge is 0.417 e. The van der Waals surface area contributed by atoms with Crippen LogP contribution in [0, 0.1) is 0 Å². The fraction of sp³-hybridized carbons (Fsp3) is 0.267. The summed E-state index contributed by atoms with van der Waals surface area (Å²) < 4.78 is 76.8. The van der Waals surface area contributed by atoms with E-state index in [4.69, 9.17) is 5.73 Å². The Bertz CT molecular complexity index is 705. The van der Waals surface area contributed by atoms with Crippen LogP contribution < -0.4 is 11.1 Å². The lowest BCUT2D eigenvalue weighted by Crippen LogP contribution is -2.16. The van der Waals surface area contributed by atoms with Crippen LogP contribution in [-0.2, 0) is 12.4 Å². The van der Waals surface area contributed by atoms with Gasteiger partial charge in [0.1, 0.15) is 5.82 Å². The van der Waals surface area contributed by atoms with Crippen LogP contribution in [0.5, 0.6) is 0 Å². The van der Waals surface area contributed by atoms with Crippen LogP contribution in [0.4, 0.5) is 37.8 Å². The van der Waals surface area contributed by atoms with Crippen molar-refractivity contribution in [1.82, 2.24) is 4.98 Å². The van der Waals surface area contributed by atoms with Gasteiger partial charge in [-0.05, 0) is 36.8 Å². The summed E-state index contributed by atoms with van der Waals surface area (Å²) >= 11 is 0. The van der Waals surface area contributed by atoms with Gasteiger partial charge in [-0.3, -0.25) is 0 Å². The van der Waals surface area contributed by atoms with Crippen LogP contribution in [0.25, 0.3) is 0 Å². The molecule has 0 aliphatic rings. The van der Waals surface area contributed by atoms with Crippen molar-refractivity contribution in [2.45, 2.75) is 25.3 Å². The molecule has 0 aliphatic carbocycles. The third kappa shape index (κ3) is 4.16. The number of anilines is 2. The van der Waals surface area contributed by atoms with Crippen molar-refractivity contribution in [1.29, 1.82) is 0 Å². The molecule has 1 atom stereocenters. The van der Waals surface area contributed by atoms with Gasteiger partial charge in [-0.1, -0.05) is 6.07 Å². The predicted octanol–water partition coefficient (Wildman–Crippen LogP) is 4.88. The van der Waals surface area contributed by atoms with E-state index in [-0.39, 0.29) is 17.5 Å². The molecule has 1 unspecified atom stereocenters. The highest BCUT2D eigenvalue weighted by Gasteiger charge is 2.43. The second-order valence-corrected chi connectivity index (χ2v) is 5.15. The average molecular weight is 349 g/mol. The number of hydrogen-bond acceptors (Lipinski definition) is 3. The summed E-state index contributed by atoms with van der Waals surface area (Å²) in [5.74, 6) is 0.187. The lowest BCUT2D eigenvalue weighted by molar-refractivity contribution is -0.162. The molecule has 24 heavy (non-hydrogen) atoms. The first-order valence-electron chi connectivity index (χ1n) is 6.75. The maximum atomic E-state index is 12.9. The van der Waals surface area contributed by atoms with Gasteiger partial charge < -0.3 is 11.1 Å². The summed E-state index contributed by atoms with van der Waals surface area (Å²) in [4.78, 5) is 3.96. The van der Waals surface area contributed by atoms with E-state index in [2.05, 4.69) is 10.3 Å². The second-order valence-electron chi connectivity index (χ2n) is 5.15. The van der Waals surface area contributed by atoms with Crippen LogP contribution in [0.3, 0.4) is 0 Å². The van der Waals surface area contributed by atoms with Gasteiger partial charge in [0.2, 0.25) is 0 Å². The number of pyridine rings is 1. The lowest BCUT2D eigenvalue weighted by atomic mass is 10.1. The van der Waals surface area contributed by atoms with Gasteiger partial charge in [-0.15, -0.1) is 0 Å². The predicted molar refractivity (Wildman–Crippen MR) is 76.6 cm³/mol. The summed E-state index contributed by atoms with van der Waals surface area (Å²) in [6.07, 6.45) is -8.79. The summed E-state index contributed by atoms with van der Waals surface area (Å²) in [7, 11) is 0. The van der Waals surface area contributed by atoms with Gasteiger partial charge in [-0.2, -0.15) is 26.3 Å². The number of nitrogens with zero attached hydrogens (tertiary/aromatic N) is 1. The molecule has 0 amide bonds. The average Bonchev–Trinajstić information content (AvgIpc) is 2.45. The van der Waals surface area contributed by atoms with E-state index in [1.807, 2.05) is 0 Å². The van der Waals surface area contributed by atoms with Crippen molar-refractivity contribution < 1.29 is 26.3 Å². The molecule has 0 saturated carbocycles. The van der Waals surface area contributed by atoms with Crippen molar-refractivity contribution >= 4 is 11.5 Å². The van der Waals surface area contributed by atoms with Gasteiger partial charge in [0.25, 0.3) is 0 Å². The highest BCUT2D eigenvalue weighted by atomic mass is 19.4. The van der Waals surface area contributed by atoms with Gasteiger partial charge in [0.05, 0.1) is 11.1 Å². The zero-order valence-corrected chi connectivity index (χ0v) is 12.3. The fourth-order valence-corrected chi connectivity index (χ4v) is 2.00. The Morgan fingerprint density at radius 2 is 1.58 bits per heavy atom. The number of halogens is 6. The second kappa shape index (κ2) is 6.31. The number of benzene rings is 1. The van der Waals surface area contributed by atoms with E-state index in [1.165, 1.54) is 12.3 Å². The third-order valence-electron chi connectivity index (χ3n) is 3.21. The molecule has 3 N–H and O–H groups in total. The van der Waals surface area contributed by atoms with Gasteiger partial charge >= 0.3 is 12.4 Å². The first-order valence-corrected chi connectivity index (χ1v) is 6.75. The Hall–Kier alpha value is -2.29. The number of nitrogens with one attached hydrogen (secondary N) is 1. The number of hydrogen-bond donors (Lipinski definition) is 2. The van der Waals surface area contributed by atoms with Crippen LogP contribution in [-0.4, -0.2) is 4.98 Å². The highest BCUT2D eigenvalue weighted by molar-refractivity contribution is 5.59. The molecule has 0 radical (unpaired) electrons. The molecule has 2 rings (SSSR count). The highest BCUT2D eigenvalue weighted by Crippen LogP contribution is 2.41. The molecule has 0 bridgehead atoms.